The standard InChI is InChI=1S/C6H6BClO3/c8-6-2-1-4(9)3-5(6)7(10)11/h1-3,9-11H. The molecule has 0 fully saturated rings. The molecular weight excluding hydrogens is 166 g/mol. The van der Waals surface area contributed by atoms with Crippen molar-refractivity contribution >= 4 is 24.2 Å². The summed E-state index contributed by atoms with van der Waals surface area (Å²) in [6.07, 6.45) is 0. The van der Waals surface area contributed by atoms with Gasteiger partial charge in [-0.25, -0.2) is 0 Å². The van der Waals surface area contributed by atoms with Gasteiger partial charge in [0.25, 0.3) is 0 Å². The van der Waals surface area contributed by atoms with E-state index in [2.05, 4.69) is 0 Å². The predicted molar refractivity (Wildman–Crippen MR) is 42.9 cm³/mol. The summed E-state index contributed by atoms with van der Waals surface area (Å²) in [4.78, 5) is 0. The molecule has 1 aromatic carbocycles. The molecule has 0 aliphatic carbocycles. The van der Waals surface area contributed by atoms with Crippen LogP contribution in [0.15, 0.2) is 18.2 Å². The molecule has 0 heterocycles. The van der Waals surface area contributed by atoms with E-state index in [4.69, 9.17) is 26.8 Å². The Balaban J connectivity index is 3.13. The van der Waals surface area contributed by atoms with Crippen molar-refractivity contribution < 1.29 is 15.2 Å². The number of aromatic hydroxyl groups is 1. The summed E-state index contributed by atoms with van der Waals surface area (Å²) in [6.45, 7) is 0. The van der Waals surface area contributed by atoms with E-state index in [9.17, 15) is 0 Å². The lowest BCUT2D eigenvalue weighted by atomic mass is 9.80. The summed E-state index contributed by atoms with van der Waals surface area (Å²) in [5, 5.41) is 26.5. The fourth-order valence-electron chi connectivity index (χ4n) is 0.729. The van der Waals surface area contributed by atoms with E-state index in [-0.39, 0.29) is 16.2 Å². The first-order valence-electron chi connectivity index (χ1n) is 2.96. The fourth-order valence-corrected chi connectivity index (χ4v) is 0.944. The third-order valence-corrected chi connectivity index (χ3v) is 1.60. The SMILES string of the molecule is OB(O)c1cc(O)ccc1Cl. The van der Waals surface area contributed by atoms with Crippen LogP contribution in [0.4, 0.5) is 0 Å². The summed E-state index contributed by atoms with van der Waals surface area (Å²) < 4.78 is 0. The highest BCUT2D eigenvalue weighted by Gasteiger charge is 2.14. The van der Waals surface area contributed by atoms with Gasteiger partial charge < -0.3 is 15.2 Å². The first kappa shape index (κ1) is 8.39. The summed E-state index contributed by atoms with van der Waals surface area (Å²) in [7, 11) is -1.64. The van der Waals surface area contributed by atoms with Gasteiger partial charge >= 0.3 is 7.12 Å². The Morgan fingerprint density at radius 1 is 1.27 bits per heavy atom. The lowest BCUT2D eigenvalue weighted by molar-refractivity contribution is 0.424. The fraction of sp³-hybridized carbons (Fsp3) is 0. The zero-order valence-corrected chi connectivity index (χ0v) is 6.28. The molecule has 0 aliphatic heterocycles. The predicted octanol–water partition coefficient (Wildman–Crippen LogP) is -0.275. The van der Waals surface area contributed by atoms with Crippen LogP contribution < -0.4 is 5.46 Å². The average Bonchev–Trinajstić information content (AvgIpc) is 1.94. The van der Waals surface area contributed by atoms with Crippen molar-refractivity contribution in [1.82, 2.24) is 0 Å². The maximum atomic E-state index is 8.91. The maximum absolute atomic E-state index is 8.91. The molecule has 0 atom stereocenters. The molecule has 3 N–H and O–H groups in total. The summed E-state index contributed by atoms with van der Waals surface area (Å²) >= 11 is 5.56. The van der Waals surface area contributed by atoms with Gasteiger partial charge in [0.15, 0.2) is 0 Å². The Morgan fingerprint density at radius 3 is 2.36 bits per heavy atom. The van der Waals surface area contributed by atoms with Crippen molar-refractivity contribution in [2.24, 2.45) is 0 Å². The number of hydrogen-bond donors (Lipinski definition) is 3. The van der Waals surface area contributed by atoms with Crippen LogP contribution >= 0.6 is 11.6 Å². The number of rotatable bonds is 1. The molecule has 0 aliphatic rings. The van der Waals surface area contributed by atoms with Crippen LogP contribution in [-0.2, 0) is 0 Å². The molecule has 11 heavy (non-hydrogen) atoms. The zero-order valence-electron chi connectivity index (χ0n) is 5.53. The minimum absolute atomic E-state index is 0.0440. The van der Waals surface area contributed by atoms with Gasteiger partial charge in [-0.1, -0.05) is 11.6 Å². The number of halogens is 1. The Kier molecular flexibility index (Phi) is 2.39. The second-order valence-corrected chi connectivity index (χ2v) is 2.49. The Bertz CT molecular complexity index is 264. The normalized spacial score (nSPS) is 9.73. The van der Waals surface area contributed by atoms with E-state index >= 15 is 0 Å². The van der Waals surface area contributed by atoms with Crippen LogP contribution in [0.2, 0.25) is 5.02 Å². The lowest BCUT2D eigenvalue weighted by Gasteiger charge is -2.01. The van der Waals surface area contributed by atoms with Crippen molar-refractivity contribution in [1.29, 1.82) is 0 Å². The van der Waals surface area contributed by atoms with E-state index in [1.165, 1.54) is 18.2 Å². The molecule has 1 aromatic rings. The van der Waals surface area contributed by atoms with Gasteiger partial charge in [0, 0.05) is 10.5 Å². The van der Waals surface area contributed by atoms with Crippen molar-refractivity contribution in [3.8, 4) is 5.75 Å². The van der Waals surface area contributed by atoms with Crippen molar-refractivity contribution in [3.63, 3.8) is 0 Å². The molecule has 0 bridgehead atoms. The van der Waals surface area contributed by atoms with E-state index in [0.29, 0.717) is 0 Å². The van der Waals surface area contributed by atoms with Gasteiger partial charge in [-0.15, -0.1) is 0 Å². The maximum Gasteiger partial charge on any atom is 0.490 e. The van der Waals surface area contributed by atoms with E-state index in [1.807, 2.05) is 0 Å². The number of phenolic OH excluding ortho intramolecular Hbond substituents is 1. The molecule has 5 heteroatoms. The minimum atomic E-state index is -1.64. The second kappa shape index (κ2) is 3.13. The van der Waals surface area contributed by atoms with Crippen molar-refractivity contribution in [2.75, 3.05) is 0 Å². The first-order valence-corrected chi connectivity index (χ1v) is 3.33. The topological polar surface area (TPSA) is 60.7 Å². The molecule has 0 saturated carbocycles. The van der Waals surface area contributed by atoms with E-state index < -0.39 is 7.12 Å². The third kappa shape index (κ3) is 1.86. The van der Waals surface area contributed by atoms with Gasteiger partial charge in [-0.05, 0) is 18.2 Å². The van der Waals surface area contributed by atoms with Gasteiger partial charge in [0.05, 0.1) is 0 Å². The van der Waals surface area contributed by atoms with Crippen LogP contribution in [0.3, 0.4) is 0 Å². The number of phenols is 1. The smallest absolute Gasteiger partial charge is 0.490 e. The highest BCUT2D eigenvalue weighted by atomic mass is 35.5. The Labute approximate surface area is 69.0 Å². The number of hydrogen-bond acceptors (Lipinski definition) is 3. The average molecular weight is 172 g/mol. The molecule has 0 unspecified atom stereocenters. The van der Waals surface area contributed by atoms with E-state index in [0.717, 1.165) is 0 Å². The quantitative estimate of drug-likeness (QED) is 0.511. The van der Waals surface area contributed by atoms with Gasteiger partial charge in [-0.2, -0.15) is 0 Å². The van der Waals surface area contributed by atoms with Crippen LogP contribution in [0.25, 0.3) is 0 Å². The molecule has 0 saturated heterocycles. The van der Waals surface area contributed by atoms with Crippen LogP contribution in [0.1, 0.15) is 0 Å². The third-order valence-electron chi connectivity index (χ3n) is 1.26. The largest absolute Gasteiger partial charge is 0.508 e. The Morgan fingerprint density at radius 2 is 1.91 bits per heavy atom. The molecular formula is C6H6BClO3. The van der Waals surface area contributed by atoms with Gasteiger partial charge in [0.2, 0.25) is 0 Å². The Hall–Kier alpha value is -0.705. The zero-order chi connectivity index (χ0) is 8.43. The van der Waals surface area contributed by atoms with Crippen LogP contribution in [-0.4, -0.2) is 22.3 Å². The van der Waals surface area contributed by atoms with Crippen molar-refractivity contribution in [3.05, 3.63) is 23.2 Å². The lowest BCUT2D eigenvalue weighted by Crippen LogP contribution is -2.30. The van der Waals surface area contributed by atoms with Gasteiger partial charge in [0.1, 0.15) is 5.75 Å². The van der Waals surface area contributed by atoms with Gasteiger partial charge in [-0.3, -0.25) is 0 Å². The molecule has 1 rings (SSSR count). The molecule has 3 nitrogen and oxygen atoms in total. The summed E-state index contributed by atoms with van der Waals surface area (Å²) in [5.74, 6) is -0.0440. The molecule has 0 radical (unpaired) electrons. The monoisotopic (exact) mass is 172 g/mol. The first-order chi connectivity index (χ1) is 5.11. The molecule has 0 spiro atoms. The minimum Gasteiger partial charge on any atom is -0.508 e. The molecule has 0 amide bonds. The summed E-state index contributed by atoms with van der Waals surface area (Å²) in [6, 6.07) is 3.97. The molecule has 58 valence electrons. The highest BCUT2D eigenvalue weighted by molar-refractivity contribution is 6.62. The molecule has 0 aromatic heterocycles. The second-order valence-electron chi connectivity index (χ2n) is 2.08. The highest BCUT2D eigenvalue weighted by Crippen LogP contribution is 2.11. The summed E-state index contributed by atoms with van der Waals surface area (Å²) in [5.41, 5.74) is 0.103. The number of benzene rings is 1. The van der Waals surface area contributed by atoms with Crippen molar-refractivity contribution in [2.45, 2.75) is 0 Å². The van der Waals surface area contributed by atoms with Crippen LogP contribution in [0.5, 0.6) is 5.75 Å². The van der Waals surface area contributed by atoms with Crippen LogP contribution in [0, 0.1) is 0 Å². The van der Waals surface area contributed by atoms with E-state index in [1.54, 1.807) is 0 Å².